The predicted octanol–water partition coefficient (Wildman–Crippen LogP) is 3.27. The summed E-state index contributed by atoms with van der Waals surface area (Å²) in [5, 5.41) is 12.0. The smallest absolute Gasteiger partial charge is 0.423 e. The number of hydrogen-bond donors (Lipinski definition) is 3. The van der Waals surface area contributed by atoms with Crippen molar-refractivity contribution >= 4 is 28.6 Å². The van der Waals surface area contributed by atoms with Gasteiger partial charge in [-0.2, -0.15) is 13.2 Å². The molecule has 1 aromatic heterocycles. The van der Waals surface area contributed by atoms with Gasteiger partial charge in [0.2, 0.25) is 5.60 Å². The average molecular weight is 387 g/mol. The maximum atomic E-state index is 13.0. The monoisotopic (exact) mass is 387 g/mol. The molecule has 0 saturated heterocycles. The molecule has 0 spiro atoms. The second-order valence-corrected chi connectivity index (χ2v) is 7.64. The van der Waals surface area contributed by atoms with Crippen molar-refractivity contribution in [1.82, 2.24) is 4.98 Å². The van der Waals surface area contributed by atoms with Crippen LogP contribution in [0.2, 0.25) is 0 Å². The van der Waals surface area contributed by atoms with Gasteiger partial charge in [0.25, 0.3) is 5.91 Å². The first-order chi connectivity index (χ1) is 11.8. The lowest BCUT2D eigenvalue weighted by molar-refractivity contribution is -0.258. The third-order valence-electron chi connectivity index (χ3n) is 4.00. The van der Waals surface area contributed by atoms with Gasteiger partial charge in [-0.25, -0.2) is 4.98 Å². The van der Waals surface area contributed by atoms with E-state index in [4.69, 9.17) is 10.5 Å². The Kier molecular flexibility index (Phi) is 3.96. The number of hydrogen-bond acceptors (Lipinski definition) is 6. The molecule has 0 radical (unpaired) electrons. The molecule has 1 atom stereocenters. The Morgan fingerprint density at radius 1 is 1.35 bits per heavy atom. The zero-order valence-corrected chi connectivity index (χ0v) is 14.9. The van der Waals surface area contributed by atoms with Crippen LogP contribution in [0.25, 0.3) is 10.4 Å². The zero-order chi connectivity index (χ0) is 19.5. The highest BCUT2D eigenvalue weighted by atomic mass is 32.1. The van der Waals surface area contributed by atoms with Gasteiger partial charge in [0.1, 0.15) is 5.01 Å². The number of fused-ring (bicyclic) bond motifs is 1. The summed E-state index contributed by atoms with van der Waals surface area (Å²) in [4.78, 5) is 16.1. The van der Waals surface area contributed by atoms with Gasteiger partial charge in [-0.3, -0.25) is 4.79 Å². The van der Waals surface area contributed by atoms with E-state index < -0.39 is 22.4 Å². The van der Waals surface area contributed by atoms with Crippen LogP contribution in [-0.4, -0.2) is 27.8 Å². The first kappa shape index (κ1) is 18.5. The Balaban J connectivity index is 2.11. The number of amides is 1. The van der Waals surface area contributed by atoms with Crippen LogP contribution in [0, 0.1) is 0 Å². The third-order valence-corrected chi connectivity index (χ3v) is 5.24. The summed E-state index contributed by atoms with van der Waals surface area (Å²) in [5.74, 6) is -0.0859. The van der Waals surface area contributed by atoms with Crippen LogP contribution in [-0.2, 0) is 10.4 Å². The molecule has 2 heterocycles. The van der Waals surface area contributed by atoms with Crippen LogP contribution in [0.5, 0.6) is 5.75 Å². The number of anilines is 2. The van der Waals surface area contributed by atoms with Crippen molar-refractivity contribution in [1.29, 1.82) is 0 Å². The first-order valence-electron chi connectivity index (χ1n) is 7.53. The SMILES string of the molecule is CC1(C)Oc2c(cc(N)cc2-c2cnc(C(C)(O)C(F)(F)F)s2)NC1=O. The minimum absolute atomic E-state index is 0.283. The number of thiazole rings is 1. The van der Waals surface area contributed by atoms with E-state index >= 15 is 0 Å². The van der Waals surface area contributed by atoms with Gasteiger partial charge in [-0.05, 0) is 32.9 Å². The van der Waals surface area contributed by atoms with Crippen LogP contribution in [0.4, 0.5) is 24.5 Å². The average Bonchev–Trinajstić information content (AvgIpc) is 2.97. The number of rotatable bonds is 2. The molecule has 0 bridgehead atoms. The summed E-state index contributed by atoms with van der Waals surface area (Å²) in [6.07, 6.45) is -3.66. The summed E-state index contributed by atoms with van der Waals surface area (Å²) >= 11 is 0.673. The normalized spacial score (nSPS) is 18.5. The molecule has 1 aromatic carbocycles. The van der Waals surface area contributed by atoms with Gasteiger partial charge in [-0.1, -0.05) is 0 Å². The van der Waals surface area contributed by atoms with Crippen LogP contribution in [0.15, 0.2) is 18.3 Å². The van der Waals surface area contributed by atoms with E-state index in [0.29, 0.717) is 40.1 Å². The molecule has 140 valence electrons. The molecule has 1 amide bonds. The van der Waals surface area contributed by atoms with E-state index in [9.17, 15) is 23.1 Å². The molecule has 10 heteroatoms. The summed E-state index contributed by atoms with van der Waals surface area (Å²) < 4.78 is 44.9. The molecular weight excluding hydrogens is 371 g/mol. The highest BCUT2D eigenvalue weighted by molar-refractivity contribution is 7.15. The van der Waals surface area contributed by atoms with Crippen molar-refractivity contribution in [2.24, 2.45) is 0 Å². The molecule has 4 N–H and O–H groups in total. The van der Waals surface area contributed by atoms with Crippen molar-refractivity contribution in [2.75, 3.05) is 11.1 Å². The fourth-order valence-corrected chi connectivity index (χ4v) is 3.35. The topological polar surface area (TPSA) is 97.5 Å². The van der Waals surface area contributed by atoms with Crippen molar-refractivity contribution in [3.63, 3.8) is 0 Å². The van der Waals surface area contributed by atoms with Crippen molar-refractivity contribution < 1.29 is 27.8 Å². The summed E-state index contributed by atoms with van der Waals surface area (Å²) in [7, 11) is 0. The molecular formula is C16H16F3N3O3S. The van der Waals surface area contributed by atoms with Gasteiger partial charge < -0.3 is 20.9 Å². The fraction of sp³-hybridized carbons (Fsp3) is 0.375. The standard InChI is InChI=1S/C16H16F3N3O3S/c1-14(2)12(23)22-9-5-7(20)4-8(11(9)25-14)10-6-21-13(26-10)15(3,24)16(17,18)19/h4-6,24H,20H2,1-3H3,(H,22,23). The van der Waals surface area contributed by atoms with E-state index in [-0.39, 0.29) is 11.7 Å². The lowest BCUT2D eigenvalue weighted by Crippen LogP contribution is -2.45. The van der Waals surface area contributed by atoms with Crippen molar-refractivity contribution in [2.45, 2.75) is 38.1 Å². The number of alkyl halides is 3. The van der Waals surface area contributed by atoms with E-state index in [1.807, 2.05) is 0 Å². The lowest BCUT2D eigenvalue weighted by atomic mass is 10.0. The van der Waals surface area contributed by atoms with E-state index in [1.165, 1.54) is 18.3 Å². The Bertz CT molecular complexity index is 891. The number of benzene rings is 1. The quantitative estimate of drug-likeness (QED) is 0.687. The Labute approximate surface area is 150 Å². The number of halogens is 3. The van der Waals surface area contributed by atoms with Crippen LogP contribution in [0.1, 0.15) is 25.8 Å². The maximum absolute atomic E-state index is 13.0. The number of carbonyl (C=O) groups excluding carboxylic acids is 1. The molecule has 1 aliphatic heterocycles. The number of aliphatic hydroxyl groups is 1. The summed E-state index contributed by atoms with van der Waals surface area (Å²) in [6, 6.07) is 3.02. The van der Waals surface area contributed by atoms with Gasteiger partial charge in [0, 0.05) is 17.4 Å². The number of nitrogen functional groups attached to an aromatic ring is 1. The molecule has 3 rings (SSSR count). The van der Waals surface area contributed by atoms with Gasteiger partial charge in [-0.15, -0.1) is 11.3 Å². The molecule has 1 aliphatic rings. The van der Waals surface area contributed by atoms with E-state index in [1.54, 1.807) is 13.8 Å². The Hall–Kier alpha value is -2.33. The minimum atomic E-state index is -4.87. The zero-order valence-electron chi connectivity index (χ0n) is 14.1. The third kappa shape index (κ3) is 2.88. The molecule has 2 aromatic rings. The molecule has 1 unspecified atom stereocenters. The highest BCUT2D eigenvalue weighted by Gasteiger charge is 2.53. The Morgan fingerprint density at radius 2 is 2.00 bits per heavy atom. The molecule has 6 nitrogen and oxygen atoms in total. The lowest BCUT2D eigenvalue weighted by Gasteiger charge is -2.33. The van der Waals surface area contributed by atoms with Gasteiger partial charge in [0.15, 0.2) is 11.4 Å². The summed E-state index contributed by atoms with van der Waals surface area (Å²) in [6.45, 7) is 3.78. The molecule has 0 aliphatic carbocycles. The van der Waals surface area contributed by atoms with Crippen molar-refractivity contribution in [3.8, 4) is 16.2 Å². The Morgan fingerprint density at radius 3 is 2.62 bits per heavy atom. The largest absolute Gasteiger partial charge is 0.475 e. The fourth-order valence-electron chi connectivity index (χ4n) is 2.36. The minimum Gasteiger partial charge on any atom is -0.475 e. The maximum Gasteiger partial charge on any atom is 0.423 e. The van der Waals surface area contributed by atoms with Gasteiger partial charge in [0.05, 0.1) is 10.6 Å². The molecule has 26 heavy (non-hydrogen) atoms. The van der Waals surface area contributed by atoms with Crippen LogP contribution in [0.3, 0.4) is 0 Å². The number of nitrogens with zero attached hydrogens (tertiary/aromatic N) is 1. The number of nitrogens with two attached hydrogens (primary N) is 1. The van der Waals surface area contributed by atoms with Gasteiger partial charge >= 0.3 is 6.18 Å². The number of ether oxygens (including phenoxy) is 1. The molecule has 0 fully saturated rings. The van der Waals surface area contributed by atoms with Crippen LogP contribution < -0.4 is 15.8 Å². The second-order valence-electron chi connectivity index (χ2n) is 6.61. The van der Waals surface area contributed by atoms with Crippen LogP contribution >= 0.6 is 11.3 Å². The predicted molar refractivity (Wildman–Crippen MR) is 90.9 cm³/mol. The highest BCUT2D eigenvalue weighted by Crippen LogP contribution is 2.47. The van der Waals surface area contributed by atoms with E-state index in [0.717, 1.165) is 0 Å². The molecule has 0 saturated carbocycles. The van der Waals surface area contributed by atoms with E-state index in [2.05, 4.69) is 10.3 Å². The second kappa shape index (κ2) is 5.58. The summed E-state index contributed by atoms with van der Waals surface area (Å²) in [5.41, 5.74) is 2.60. The number of nitrogens with one attached hydrogen (secondary N) is 1. The number of carbonyl (C=O) groups is 1. The van der Waals surface area contributed by atoms with Crippen molar-refractivity contribution in [3.05, 3.63) is 23.3 Å². The number of aromatic nitrogens is 1. The first-order valence-corrected chi connectivity index (χ1v) is 8.34.